The van der Waals surface area contributed by atoms with Crippen molar-refractivity contribution in [1.82, 2.24) is 0 Å². The van der Waals surface area contributed by atoms with E-state index in [9.17, 15) is 22.8 Å². The predicted molar refractivity (Wildman–Crippen MR) is 72.3 cm³/mol. The monoisotopic (exact) mass is 329 g/mol. The highest BCUT2D eigenvalue weighted by molar-refractivity contribution is 5.74. The van der Waals surface area contributed by atoms with Crippen LogP contribution in [-0.2, 0) is 14.3 Å². The van der Waals surface area contributed by atoms with Crippen LogP contribution in [0.25, 0.3) is 0 Å². The number of carbonyl (C=O) groups is 2. The number of rotatable bonds is 6. The molecule has 0 N–H and O–H groups in total. The molecule has 0 aliphatic rings. The summed E-state index contributed by atoms with van der Waals surface area (Å²) in [5, 5.41) is 8.62. The van der Waals surface area contributed by atoms with Gasteiger partial charge in [-0.05, 0) is 37.6 Å². The summed E-state index contributed by atoms with van der Waals surface area (Å²) in [5.41, 5.74) is 0.409. The Labute approximate surface area is 130 Å². The lowest BCUT2D eigenvalue weighted by atomic mass is 10.2. The fourth-order valence-electron chi connectivity index (χ4n) is 1.48. The third-order valence-corrected chi connectivity index (χ3v) is 2.75. The summed E-state index contributed by atoms with van der Waals surface area (Å²) in [6.07, 6.45) is -7.23. The SMILES string of the molecule is CC(OC(=O)CCCC(=O)Oc1ccc(C#N)cc1)C(F)(F)F. The summed E-state index contributed by atoms with van der Waals surface area (Å²) < 4.78 is 45.7. The van der Waals surface area contributed by atoms with Crippen molar-refractivity contribution in [3.63, 3.8) is 0 Å². The molecule has 0 spiro atoms. The van der Waals surface area contributed by atoms with Gasteiger partial charge in [0, 0.05) is 12.8 Å². The Morgan fingerprint density at radius 2 is 1.74 bits per heavy atom. The summed E-state index contributed by atoms with van der Waals surface area (Å²) in [7, 11) is 0. The molecule has 0 heterocycles. The fourth-order valence-corrected chi connectivity index (χ4v) is 1.48. The first-order chi connectivity index (χ1) is 10.7. The molecule has 0 bridgehead atoms. The minimum atomic E-state index is -4.61. The van der Waals surface area contributed by atoms with Crippen molar-refractivity contribution in [2.75, 3.05) is 0 Å². The smallest absolute Gasteiger partial charge is 0.425 e. The van der Waals surface area contributed by atoms with Crippen LogP contribution in [0.1, 0.15) is 31.7 Å². The summed E-state index contributed by atoms with van der Waals surface area (Å²) >= 11 is 0. The van der Waals surface area contributed by atoms with Gasteiger partial charge in [0.15, 0.2) is 6.10 Å². The largest absolute Gasteiger partial charge is 0.453 e. The second-order valence-corrected chi connectivity index (χ2v) is 4.64. The highest BCUT2D eigenvalue weighted by Crippen LogP contribution is 2.22. The van der Waals surface area contributed by atoms with Crippen LogP contribution in [0.15, 0.2) is 24.3 Å². The van der Waals surface area contributed by atoms with Gasteiger partial charge in [0.25, 0.3) is 0 Å². The second kappa shape index (κ2) is 8.17. The molecule has 0 saturated heterocycles. The Hall–Kier alpha value is -2.56. The van der Waals surface area contributed by atoms with E-state index in [0.717, 1.165) is 6.92 Å². The molecule has 0 amide bonds. The molecule has 1 rings (SSSR count). The average Bonchev–Trinajstić information content (AvgIpc) is 2.47. The Balaban J connectivity index is 2.31. The maximum Gasteiger partial charge on any atom is 0.425 e. The molecular formula is C15H14F3NO4. The number of carbonyl (C=O) groups excluding carboxylic acids is 2. The van der Waals surface area contributed by atoms with Crippen LogP contribution >= 0.6 is 0 Å². The number of ether oxygens (including phenoxy) is 2. The summed E-state index contributed by atoms with van der Waals surface area (Å²) in [6.45, 7) is 0.733. The molecule has 0 fully saturated rings. The van der Waals surface area contributed by atoms with Crippen LogP contribution in [0.2, 0.25) is 0 Å². The highest BCUT2D eigenvalue weighted by Gasteiger charge is 2.38. The van der Waals surface area contributed by atoms with Crippen LogP contribution in [-0.4, -0.2) is 24.2 Å². The molecule has 1 aromatic carbocycles. The number of benzene rings is 1. The van der Waals surface area contributed by atoms with Crippen molar-refractivity contribution in [2.45, 2.75) is 38.5 Å². The summed E-state index contributed by atoms with van der Waals surface area (Å²) in [6, 6.07) is 7.73. The standard InChI is InChI=1S/C15H14F3NO4/c1-10(15(16,17)18)22-13(20)3-2-4-14(21)23-12-7-5-11(9-19)6-8-12/h5-8,10H,2-4H2,1H3. The highest BCUT2D eigenvalue weighted by atomic mass is 19.4. The first-order valence-electron chi connectivity index (χ1n) is 6.69. The Morgan fingerprint density at radius 1 is 1.17 bits per heavy atom. The number of nitriles is 1. The Bertz CT molecular complexity index is 590. The van der Waals surface area contributed by atoms with E-state index in [4.69, 9.17) is 10.00 Å². The van der Waals surface area contributed by atoms with E-state index in [-0.39, 0.29) is 25.0 Å². The number of esters is 2. The van der Waals surface area contributed by atoms with Gasteiger partial charge in [-0.2, -0.15) is 18.4 Å². The van der Waals surface area contributed by atoms with Crippen LogP contribution in [0.3, 0.4) is 0 Å². The predicted octanol–water partition coefficient (Wildman–Crippen LogP) is 3.13. The van der Waals surface area contributed by atoms with Crippen LogP contribution < -0.4 is 4.74 Å². The zero-order valence-corrected chi connectivity index (χ0v) is 12.2. The molecule has 8 heteroatoms. The maximum atomic E-state index is 12.2. The lowest BCUT2D eigenvalue weighted by Gasteiger charge is -2.16. The number of alkyl halides is 3. The third kappa shape index (κ3) is 6.82. The Kier molecular flexibility index (Phi) is 6.57. The van der Waals surface area contributed by atoms with Crippen molar-refractivity contribution < 1.29 is 32.2 Å². The van der Waals surface area contributed by atoms with Crippen molar-refractivity contribution in [1.29, 1.82) is 5.26 Å². The minimum Gasteiger partial charge on any atom is -0.453 e. The van der Waals surface area contributed by atoms with Crippen molar-refractivity contribution in [3.8, 4) is 11.8 Å². The molecule has 0 aromatic heterocycles. The molecular weight excluding hydrogens is 315 g/mol. The maximum absolute atomic E-state index is 12.2. The molecule has 1 aromatic rings. The third-order valence-electron chi connectivity index (χ3n) is 2.75. The first kappa shape index (κ1) is 18.5. The number of halogens is 3. The van der Waals surface area contributed by atoms with Crippen LogP contribution in [0.5, 0.6) is 5.75 Å². The van der Waals surface area contributed by atoms with Crippen molar-refractivity contribution in [2.24, 2.45) is 0 Å². The Morgan fingerprint density at radius 3 is 2.26 bits per heavy atom. The number of hydrogen-bond donors (Lipinski definition) is 0. The van der Waals surface area contributed by atoms with Gasteiger partial charge in [0.05, 0.1) is 11.6 Å². The van der Waals surface area contributed by atoms with Crippen molar-refractivity contribution >= 4 is 11.9 Å². The zero-order chi connectivity index (χ0) is 17.5. The van der Waals surface area contributed by atoms with E-state index < -0.39 is 24.2 Å². The van der Waals surface area contributed by atoms with Gasteiger partial charge in [0.2, 0.25) is 0 Å². The number of nitrogens with zero attached hydrogens (tertiary/aromatic N) is 1. The summed E-state index contributed by atoms with van der Waals surface area (Å²) in [4.78, 5) is 22.7. The second-order valence-electron chi connectivity index (χ2n) is 4.64. The first-order valence-corrected chi connectivity index (χ1v) is 6.69. The van der Waals surface area contributed by atoms with Gasteiger partial charge in [0.1, 0.15) is 5.75 Å². The van der Waals surface area contributed by atoms with E-state index in [1.54, 1.807) is 0 Å². The van der Waals surface area contributed by atoms with Crippen molar-refractivity contribution in [3.05, 3.63) is 29.8 Å². The van der Waals surface area contributed by atoms with Crippen LogP contribution in [0, 0.1) is 11.3 Å². The van der Waals surface area contributed by atoms with Gasteiger partial charge in [-0.3, -0.25) is 9.59 Å². The molecule has 0 aliphatic carbocycles. The molecule has 1 unspecified atom stereocenters. The van der Waals surface area contributed by atoms with E-state index >= 15 is 0 Å². The van der Waals surface area contributed by atoms with Gasteiger partial charge < -0.3 is 9.47 Å². The number of hydrogen-bond acceptors (Lipinski definition) is 5. The molecule has 0 radical (unpaired) electrons. The van der Waals surface area contributed by atoms with Crippen LogP contribution in [0.4, 0.5) is 13.2 Å². The average molecular weight is 329 g/mol. The van der Waals surface area contributed by atoms with E-state index in [1.807, 2.05) is 6.07 Å². The molecule has 23 heavy (non-hydrogen) atoms. The van der Waals surface area contributed by atoms with Gasteiger partial charge in [-0.25, -0.2) is 0 Å². The molecule has 0 aliphatic heterocycles. The van der Waals surface area contributed by atoms with E-state index in [0.29, 0.717) is 5.56 Å². The summed E-state index contributed by atoms with van der Waals surface area (Å²) in [5.74, 6) is -1.42. The van der Waals surface area contributed by atoms with Gasteiger partial charge in [-0.15, -0.1) is 0 Å². The van der Waals surface area contributed by atoms with E-state index in [2.05, 4.69) is 4.74 Å². The minimum absolute atomic E-state index is 0.0124. The van der Waals surface area contributed by atoms with Gasteiger partial charge in [-0.1, -0.05) is 0 Å². The molecule has 1 atom stereocenters. The molecule has 5 nitrogen and oxygen atoms in total. The lowest BCUT2D eigenvalue weighted by Crippen LogP contribution is -2.30. The fraction of sp³-hybridized carbons (Fsp3) is 0.400. The zero-order valence-electron chi connectivity index (χ0n) is 12.2. The quantitative estimate of drug-likeness (QED) is 0.592. The normalized spacial score (nSPS) is 12.1. The molecule has 124 valence electrons. The van der Waals surface area contributed by atoms with Gasteiger partial charge >= 0.3 is 18.1 Å². The lowest BCUT2D eigenvalue weighted by molar-refractivity contribution is -0.216. The molecule has 0 saturated carbocycles. The topological polar surface area (TPSA) is 76.4 Å². The van der Waals surface area contributed by atoms with E-state index in [1.165, 1.54) is 24.3 Å².